The van der Waals surface area contributed by atoms with E-state index in [0.29, 0.717) is 17.3 Å². The van der Waals surface area contributed by atoms with Crippen molar-refractivity contribution in [3.63, 3.8) is 0 Å². The molecule has 0 saturated heterocycles. The van der Waals surface area contributed by atoms with Crippen LogP contribution in [0.2, 0.25) is 0 Å². The summed E-state index contributed by atoms with van der Waals surface area (Å²) >= 11 is 0. The number of pyridine rings is 1. The number of nitrogens with zero attached hydrogens (tertiary/aromatic N) is 2. The number of ether oxygens (including phenoxy) is 1. The lowest BCUT2D eigenvalue weighted by Gasteiger charge is -2.03. The van der Waals surface area contributed by atoms with E-state index in [2.05, 4.69) is 15.0 Å². The normalized spacial score (nSPS) is 10.8. The van der Waals surface area contributed by atoms with Crippen LogP contribution in [0.4, 0.5) is 10.2 Å². The van der Waals surface area contributed by atoms with E-state index in [1.54, 1.807) is 24.3 Å². The second-order valence-electron chi connectivity index (χ2n) is 4.04. The zero-order valence-electron chi connectivity index (χ0n) is 10.1. The first-order valence-corrected chi connectivity index (χ1v) is 5.63. The number of nitrogens with one attached hydrogen (secondary N) is 1. The van der Waals surface area contributed by atoms with Gasteiger partial charge >= 0.3 is 0 Å². The number of methoxy groups -OCH3 is 1. The lowest BCUT2D eigenvalue weighted by Crippen LogP contribution is -1.89. The molecule has 5 nitrogen and oxygen atoms in total. The standard InChI is InChI=1S/C13H11FN4O/c1-19-10-6-7(2-3-8(10)14)12-16-9-4-5-11(15)17-13(9)18-12/h2-6H,1H3,(H3,15,16,17,18). The molecule has 96 valence electrons. The van der Waals surface area contributed by atoms with Crippen LogP contribution in [0.5, 0.6) is 5.75 Å². The number of aromatic amines is 1. The highest BCUT2D eigenvalue weighted by Crippen LogP contribution is 2.25. The van der Waals surface area contributed by atoms with E-state index in [9.17, 15) is 4.39 Å². The van der Waals surface area contributed by atoms with E-state index in [4.69, 9.17) is 10.5 Å². The first kappa shape index (κ1) is 11.5. The highest BCUT2D eigenvalue weighted by molar-refractivity contribution is 5.77. The molecule has 0 unspecified atom stereocenters. The number of halogens is 1. The Morgan fingerprint density at radius 1 is 1.21 bits per heavy atom. The number of imidazole rings is 1. The number of fused-ring (bicyclic) bond motifs is 1. The second-order valence-corrected chi connectivity index (χ2v) is 4.04. The summed E-state index contributed by atoms with van der Waals surface area (Å²) in [6, 6.07) is 8.03. The van der Waals surface area contributed by atoms with Crippen LogP contribution in [-0.4, -0.2) is 22.1 Å². The number of hydrogen-bond donors (Lipinski definition) is 2. The van der Waals surface area contributed by atoms with Gasteiger partial charge in [-0.3, -0.25) is 0 Å². The second kappa shape index (κ2) is 4.24. The third-order valence-corrected chi connectivity index (χ3v) is 2.79. The van der Waals surface area contributed by atoms with Crippen molar-refractivity contribution in [2.75, 3.05) is 12.8 Å². The van der Waals surface area contributed by atoms with Gasteiger partial charge in [-0.05, 0) is 30.3 Å². The molecule has 1 aromatic carbocycles. The summed E-state index contributed by atoms with van der Waals surface area (Å²) in [6.07, 6.45) is 0. The van der Waals surface area contributed by atoms with E-state index in [0.717, 1.165) is 11.1 Å². The van der Waals surface area contributed by atoms with E-state index in [-0.39, 0.29) is 5.75 Å². The summed E-state index contributed by atoms with van der Waals surface area (Å²) < 4.78 is 18.3. The van der Waals surface area contributed by atoms with Crippen molar-refractivity contribution >= 4 is 17.0 Å². The molecule has 0 spiro atoms. The fraction of sp³-hybridized carbons (Fsp3) is 0.0769. The Labute approximate surface area is 108 Å². The van der Waals surface area contributed by atoms with Crippen molar-refractivity contribution < 1.29 is 9.13 Å². The molecule has 3 rings (SSSR count). The zero-order valence-corrected chi connectivity index (χ0v) is 10.1. The summed E-state index contributed by atoms with van der Waals surface area (Å²) in [5.74, 6) is 0.754. The topological polar surface area (TPSA) is 76.8 Å². The third-order valence-electron chi connectivity index (χ3n) is 2.79. The van der Waals surface area contributed by atoms with E-state index in [1.807, 2.05) is 0 Å². The van der Waals surface area contributed by atoms with Crippen LogP contribution in [0.15, 0.2) is 30.3 Å². The predicted octanol–water partition coefficient (Wildman–Crippen LogP) is 2.35. The number of nitrogen functional groups attached to an aromatic ring is 1. The van der Waals surface area contributed by atoms with Gasteiger partial charge in [-0.15, -0.1) is 0 Å². The Balaban J connectivity index is 2.13. The maximum atomic E-state index is 13.4. The monoisotopic (exact) mass is 258 g/mol. The van der Waals surface area contributed by atoms with Crippen molar-refractivity contribution in [2.24, 2.45) is 0 Å². The quantitative estimate of drug-likeness (QED) is 0.739. The van der Waals surface area contributed by atoms with Gasteiger partial charge in [0.2, 0.25) is 0 Å². The SMILES string of the molecule is COc1cc(-c2nc3nc(N)ccc3[nH]2)ccc1F. The van der Waals surface area contributed by atoms with Crippen LogP contribution in [0.3, 0.4) is 0 Å². The Morgan fingerprint density at radius 2 is 2.05 bits per heavy atom. The van der Waals surface area contributed by atoms with Gasteiger partial charge in [0.15, 0.2) is 17.2 Å². The number of nitrogens with two attached hydrogens (primary N) is 1. The average Bonchev–Trinajstić information content (AvgIpc) is 2.82. The Hall–Kier alpha value is -2.63. The van der Waals surface area contributed by atoms with Crippen molar-refractivity contribution in [1.82, 2.24) is 15.0 Å². The summed E-state index contributed by atoms with van der Waals surface area (Å²) in [4.78, 5) is 11.5. The molecule has 0 saturated carbocycles. The van der Waals surface area contributed by atoms with Crippen LogP contribution < -0.4 is 10.5 Å². The molecular weight excluding hydrogens is 247 g/mol. The lowest BCUT2D eigenvalue weighted by molar-refractivity contribution is 0.387. The number of anilines is 1. The fourth-order valence-corrected chi connectivity index (χ4v) is 1.85. The molecule has 0 aliphatic carbocycles. The van der Waals surface area contributed by atoms with Crippen molar-refractivity contribution in [3.05, 3.63) is 36.1 Å². The smallest absolute Gasteiger partial charge is 0.180 e. The van der Waals surface area contributed by atoms with Crippen LogP contribution >= 0.6 is 0 Å². The van der Waals surface area contributed by atoms with Crippen LogP contribution in [0.25, 0.3) is 22.6 Å². The molecule has 2 heterocycles. The molecule has 19 heavy (non-hydrogen) atoms. The maximum absolute atomic E-state index is 13.4. The highest BCUT2D eigenvalue weighted by atomic mass is 19.1. The Bertz CT molecular complexity index is 753. The van der Waals surface area contributed by atoms with Crippen LogP contribution in [0.1, 0.15) is 0 Å². The summed E-state index contributed by atoms with van der Waals surface area (Å²) in [5, 5.41) is 0. The fourth-order valence-electron chi connectivity index (χ4n) is 1.85. The Kier molecular flexibility index (Phi) is 2.56. The number of hydrogen-bond acceptors (Lipinski definition) is 4. The average molecular weight is 258 g/mol. The summed E-state index contributed by atoms with van der Waals surface area (Å²) in [7, 11) is 1.42. The van der Waals surface area contributed by atoms with Gasteiger partial charge in [0.25, 0.3) is 0 Å². The van der Waals surface area contributed by atoms with E-state index < -0.39 is 5.82 Å². The molecule has 6 heteroatoms. The number of rotatable bonds is 2. The molecule has 0 amide bonds. The van der Waals surface area contributed by atoms with E-state index in [1.165, 1.54) is 13.2 Å². The summed E-state index contributed by atoms with van der Waals surface area (Å²) in [6.45, 7) is 0. The van der Waals surface area contributed by atoms with Gasteiger partial charge in [-0.1, -0.05) is 0 Å². The van der Waals surface area contributed by atoms with Gasteiger partial charge < -0.3 is 15.5 Å². The molecule has 0 radical (unpaired) electrons. The lowest BCUT2D eigenvalue weighted by atomic mass is 10.2. The largest absolute Gasteiger partial charge is 0.494 e. The van der Waals surface area contributed by atoms with Gasteiger partial charge in [0.05, 0.1) is 12.6 Å². The van der Waals surface area contributed by atoms with Crippen molar-refractivity contribution in [3.8, 4) is 17.1 Å². The molecule has 0 aliphatic rings. The minimum Gasteiger partial charge on any atom is -0.494 e. The van der Waals surface area contributed by atoms with Gasteiger partial charge in [0, 0.05) is 5.56 Å². The van der Waals surface area contributed by atoms with Crippen LogP contribution in [0, 0.1) is 5.82 Å². The first-order chi connectivity index (χ1) is 9.17. The molecule has 2 aromatic heterocycles. The van der Waals surface area contributed by atoms with Gasteiger partial charge in [-0.2, -0.15) is 0 Å². The first-order valence-electron chi connectivity index (χ1n) is 5.63. The van der Waals surface area contributed by atoms with Crippen molar-refractivity contribution in [1.29, 1.82) is 0 Å². The molecule has 0 aliphatic heterocycles. The summed E-state index contributed by atoms with van der Waals surface area (Å²) in [5.41, 5.74) is 7.62. The maximum Gasteiger partial charge on any atom is 0.180 e. The number of H-pyrrole nitrogens is 1. The minimum atomic E-state index is -0.412. The van der Waals surface area contributed by atoms with Gasteiger partial charge in [-0.25, -0.2) is 14.4 Å². The minimum absolute atomic E-state index is 0.172. The number of benzene rings is 1. The van der Waals surface area contributed by atoms with Crippen LogP contribution in [-0.2, 0) is 0 Å². The van der Waals surface area contributed by atoms with E-state index >= 15 is 0 Å². The zero-order chi connectivity index (χ0) is 13.4. The molecule has 0 fully saturated rings. The molecular formula is C13H11FN4O. The number of aromatic nitrogens is 3. The highest BCUT2D eigenvalue weighted by Gasteiger charge is 2.10. The molecule has 3 N–H and O–H groups in total. The Morgan fingerprint density at radius 3 is 2.84 bits per heavy atom. The molecule has 3 aromatic rings. The molecule has 0 bridgehead atoms. The van der Waals surface area contributed by atoms with Crippen molar-refractivity contribution in [2.45, 2.75) is 0 Å². The third kappa shape index (κ3) is 1.97. The van der Waals surface area contributed by atoms with Gasteiger partial charge in [0.1, 0.15) is 11.6 Å². The predicted molar refractivity (Wildman–Crippen MR) is 70.2 cm³/mol. The molecule has 0 atom stereocenters.